The molecule has 144 valence electrons. The summed E-state index contributed by atoms with van der Waals surface area (Å²) in [6.45, 7) is 1.73. The molecule has 0 aliphatic carbocycles. The van der Waals surface area contributed by atoms with Gasteiger partial charge in [0.2, 0.25) is 0 Å². The summed E-state index contributed by atoms with van der Waals surface area (Å²) in [6, 6.07) is 12.7. The molecule has 2 amide bonds. The van der Waals surface area contributed by atoms with Crippen molar-refractivity contribution >= 4 is 27.3 Å². The van der Waals surface area contributed by atoms with Crippen LogP contribution in [0.25, 0.3) is 5.69 Å². The first-order valence-electron chi connectivity index (χ1n) is 8.23. The number of nitrogens with one attached hydrogen (secondary N) is 1. The SMILES string of the molecule is Cc1ccc(S(C)(=O)=O)cc1C(=O)Nc1ccc(-n2ccc(C(N)=O)n2)cc1. The average molecular weight is 398 g/mol. The highest BCUT2D eigenvalue weighted by Crippen LogP contribution is 2.19. The molecule has 3 rings (SSSR count). The largest absolute Gasteiger partial charge is 0.364 e. The summed E-state index contributed by atoms with van der Waals surface area (Å²) in [6.07, 6.45) is 2.70. The Kier molecular flexibility index (Phi) is 5.02. The predicted octanol–water partition coefficient (Wildman–Crippen LogP) is 1.94. The Hall–Kier alpha value is -3.46. The number of amides is 2. The Bertz CT molecular complexity index is 1160. The highest BCUT2D eigenvalue weighted by atomic mass is 32.2. The van der Waals surface area contributed by atoms with E-state index in [1.54, 1.807) is 43.5 Å². The fourth-order valence-electron chi connectivity index (χ4n) is 2.57. The van der Waals surface area contributed by atoms with Crippen molar-refractivity contribution in [2.45, 2.75) is 11.8 Å². The zero-order valence-electron chi connectivity index (χ0n) is 15.2. The Labute approximate surface area is 161 Å². The molecule has 0 atom stereocenters. The molecule has 0 bridgehead atoms. The maximum atomic E-state index is 12.6. The van der Waals surface area contributed by atoms with Gasteiger partial charge in [0.1, 0.15) is 5.69 Å². The van der Waals surface area contributed by atoms with Crippen LogP contribution in [0.5, 0.6) is 0 Å². The number of sulfone groups is 1. The van der Waals surface area contributed by atoms with E-state index in [1.807, 2.05) is 0 Å². The van der Waals surface area contributed by atoms with Gasteiger partial charge in [-0.1, -0.05) is 6.07 Å². The van der Waals surface area contributed by atoms with Crippen LogP contribution in [-0.2, 0) is 9.84 Å². The molecule has 2 aromatic carbocycles. The van der Waals surface area contributed by atoms with Gasteiger partial charge in [-0.25, -0.2) is 13.1 Å². The van der Waals surface area contributed by atoms with E-state index < -0.39 is 21.7 Å². The molecule has 3 aromatic rings. The molecule has 0 saturated carbocycles. The van der Waals surface area contributed by atoms with E-state index in [9.17, 15) is 18.0 Å². The Morgan fingerprint density at radius 1 is 1.07 bits per heavy atom. The van der Waals surface area contributed by atoms with Crippen LogP contribution in [0, 0.1) is 6.92 Å². The second kappa shape index (κ2) is 7.28. The Morgan fingerprint density at radius 3 is 2.32 bits per heavy atom. The Balaban J connectivity index is 1.80. The molecule has 3 N–H and O–H groups in total. The van der Waals surface area contributed by atoms with Gasteiger partial charge in [0, 0.05) is 23.7 Å². The molecule has 28 heavy (non-hydrogen) atoms. The van der Waals surface area contributed by atoms with E-state index in [2.05, 4.69) is 10.4 Å². The number of hydrogen-bond donors (Lipinski definition) is 2. The summed E-state index contributed by atoms with van der Waals surface area (Å²) in [4.78, 5) is 23.8. The normalized spacial score (nSPS) is 11.2. The summed E-state index contributed by atoms with van der Waals surface area (Å²) in [5.74, 6) is -1.03. The molecule has 9 heteroatoms. The molecule has 0 saturated heterocycles. The molecule has 0 unspecified atom stereocenters. The zero-order valence-corrected chi connectivity index (χ0v) is 16.0. The van der Waals surface area contributed by atoms with Crippen molar-refractivity contribution in [1.29, 1.82) is 0 Å². The Morgan fingerprint density at radius 2 is 1.75 bits per heavy atom. The average Bonchev–Trinajstić information content (AvgIpc) is 3.12. The van der Waals surface area contributed by atoms with Gasteiger partial charge in [0.05, 0.1) is 10.6 Å². The summed E-state index contributed by atoms with van der Waals surface area (Å²) in [7, 11) is -3.41. The van der Waals surface area contributed by atoms with Crippen LogP contribution in [0.15, 0.2) is 59.6 Å². The molecule has 0 aliphatic heterocycles. The first-order valence-corrected chi connectivity index (χ1v) is 10.1. The number of primary amides is 1. The van der Waals surface area contributed by atoms with Gasteiger partial charge in [-0.3, -0.25) is 9.59 Å². The van der Waals surface area contributed by atoms with E-state index in [-0.39, 0.29) is 16.2 Å². The zero-order chi connectivity index (χ0) is 20.5. The molecule has 0 fully saturated rings. The van der Waals surface area contributed by atoms with Gasteiger partial charge in [-0.05, 0) is 55.0 Å². The predicted molar refractivity (Wildman–Crippen MR) is 104 cm³/mol. The smallest absolute Gasteiger partial charge is 0.269 e. The van der Waals surface area contributed by atoms with E-state index >= 15 is 0 Å². The van der Waals surface area contributed by atoms with Gasteiger partial charge >= 0.3 is 0 Å². The van der Waals surface area contributed by atoms with E-state index in [0.29, 0.717) is 16.9 Å². The number of hydrogen-bond acceptors (Lipinski definition) is 5. The van der Waals surface area contributed by atoms with Crippen molar-refractivity contribution < 1.29 is 18.0 Å². The number of aryl methyl sites for hydroxylation is 1. The molecule has 0 spiro atoms. The first-order chi connectivity index (χ1) is 13.1. The topological polar surface area (TPSA) is 124 Å². The lowest BCUT2D eigenvalue weighted by Crippen LogP contribution is -2.14. The summed E-state index contributed by atoms with van der Waals surface area (Å²) in [5, 5.41) is 6.80. The molecule has 8 nitrogen and oxygen atoms in total. The minimum absolute atomic E-state index is 0.0857. The van der Waals surface area contributed by atoms with Crippen molar-refractivity contribution in [1.82, 2.24) is 9.78 Å². The quantitative estimate of drug-likeness (QED) is 0.680. The number of nitrogens with zero attached hydrogens (tertiary/aromatic N) is 2. The van der Waals surface area contributed by atoms with Gasteiger partial charge in [-0.15, -0.1) is 0 Å². The van der Waals surface area contributed by atoms with Crippen LogP contribution in [0.1, 0.15) is 26.4 Å². The maximum absolute atomic E-state index is 12.6. The minimum Gasteiger partial charge on any atom is -0.364 e. The number of nitrogens with two attached hydrogens (primary N) is 1. The van der Waals surface area contributed by atoms with Gasteiger partial charge in [0.15, 0.2) is 9.84 Å². The summed E-state index contributed by atoms with van der Waals surface area (Å²) >= 11 is 0. The van der Waals surface area contributed by atoms with Gasteiger partial charge in [0.25, 0.3) is 11.8 Å². The third-order valence-electron chi connectivity index (χ3n) is 4.11. The van der Waals surface area contributed by atoms with Crippen molar-refractivity contribution in [2.75, 3.05) is 11.6 Å². The first kappa shape index (κ1) is 19.3. The highest BCUT2D eigenvalue weighted by Gasteiger charge is 2.15. The lowest BCUT2D eigenvalue weighted by Gasteiger charge is -2.10. The molecule has 0 aliphatic rings. The number of anilines is 1. The van der Waals surface area contributed by atoms with Crippen LogP contribution in [0.4, 0.5) is 5.69 Å². The van der Waals surface area contributed by atoms with Crippen LogP contribution in [0.2, 0.25) is 0 Å². The minimum atomic E-state index is -3.41. The third kappa shape index (κ3) is 4.09. The van der Waals surface area contributed by atoms with E-state index in [0.717, 1.165) is 6.26 Å². The second-order valence-electron chi connectivity index (χ2n) is 6.26. The standard InChI is InChI=1S/C19H18N4O4S/c1-12-3-8-15(28(2,26)27)11-16(12)19(25)21-13-4-6-14(7-5-13)23-10-9-17(22-23)18(20)24/h3-11H,1-2H3,(H2,20,24)(H,21,25). The maximum Gasteiger partial charge on any atom is 0.269 e. The van der Waals surface area contributed by atoms with Crippen LogP contribution >= 0.6 is 0 Å². The molecule has 1 aromatic heterocycles. The molecular formula is C19H18N4O4S. The van der Waals surface area contributed by atoms with Crippen LogP contribution in [0.3, 0.4) is 0 Å². The van der Waals surface area contributed by atoms with Crippen molar-refractivity contribution in [3.8, 4) is 5.69 Å². The number of aromatic nitrogens is 2. The number of carbonyl (C=O) groups excluding carboxylic acids is 2. The lowest BCUT2D eigenvalue weighted by molar-refractivity contribution is 0.0992. The van der Waals surface area contributed by atoms with Crippen molar-refractivity contribution in [2.24, 2.45) is 5.73 Å². The molecular weight excluding hydrogens is 380 g/mol. The third-order valence-corrected chi connectivity index (χ3v) is 5.22. The van der Waals surface area contributed by atoms with E-state index in [1.165, 1.54) is 22.9 Å². The highest BCUT2D eigenvalue weighted by molar-refractivity contribution is 7.90. The van der Waals surface area contributed by atoms with Crippen LogP contribution < -0.4 is 11.1 Å². The van der Waals surface area contributed by atoms with Crippen molar-refractivity contribution in [3.05, 3.63) is 71.5 Å². The second-order valence-corrected chi connectivity index (χ2v) is 8.28. The lowest BCUT2D eigenvalue weighted by atomic mass is 10.1. The molecule has 0 radical (unpaired) electrons. The fourth-order valence-corrected chi connectivity index (χ4v) is 3.22. The van der Waals surface area contributed by atoms with E-state index in [4.69, 9.17) is 5.73 Å². The van der Waals surface area contributed by atoms with Crippen molar-refractivity contribution in [3.63, 3.8) is 0 Å². The molecule has 1 heterocycles. The fraction of sp³-hybridized carbons (Fsp3) is 0.105. The van der Waals surface area contributed by atoms with Gasteiger partial charge < -0.3 is 11.1 Å². The number of rotatable bonds is 5. The monoisotopic (exact) mass is 398 g/mol. The van der Waals surface area contributed by atoms with Gasteiger partial charge in [-0.2, -0.15) is 5.10 Å². The number of benzene rings is 2. The summed E-state index contributed by atoms with van der Waals surface area (Å²) < 4.78 is 24.9. The van der Waals surface area contributed by atoms with Crippen LogP contribution in [-0.4, -0.2) is 36.3 Å². The number of carbonyl (C=O) groups is 2. The summed E-state index contributed by atoms with van der Waals surface area (Å²) in [5.41, 5.74) is 7.50.